The normalized spacial score (nSPS) is 31.7. The Labute approximate surface area is 55.9 Å². The minimum absolute atomic E-state index is 0.315. The lowest BCUT2D eigenvalue weighted by Crippen LogP contribution is -2.06. The molecular formula is C4H4ClNO3. The molecule has 0 amide bonds. The monoisotopic (exact) mass is 149 g/mol. The van der Waals surface area contributed by atoms with Crippen molar-refractivity contribution in [2.24, 2.45) is 5.92 Å². The first-order valence-corrected chi connectivity index (χ1v) is 2.83. The summed E-state index contributed by atoms with van der Waals surface area (Å²) in [6.45, 7) is 0. The van der Waals surface area contributed by atoms with Crippen molar-refractivity contribution >= 4 is 16.8 Å². The predicted octanol–water partition coefficient (Wildman–Crippen LogP) is 0.417. The molecule has 1 saturated carbocycles. The van der Waals surface area contributed by atoms with Crippen molar-refractivity contribution < 1.29 is 9.72 Å². The van der Waals surface area contributed by atoms with Gasteiger partial charge in [-0.15, -0.1) is 0 Å². The van der Waals surface area contributed by atoms with Gasteiger partial charge in [-0.1, -0.05) is 0 Å². The average molecular weight is 150 g/mol. The molecule has 5 heteroatoms. The summed E-state index contributed by atoms with van der Waals surface area (Å²) in [5.74, 6) is -0.512. The fourth-order valence-corrected chi connectivity index (χ4v) is 0.893. The van der Waals surface area contributed by atoms with Gasteiger partial charge in [-0.05, 0) is 11.6 Å². The lowest BCUT2D eigenvalue weighted by atomic mass is 10.5. The molecular weight excluding hydrogens is 146 g/mol. The molecule has 50 valence electrons. The summed E-state index contributed by atoms with van der Waals surface area (Å²) in [6.07, 6.45) is 0.315. The van der Waals surface area contributed by atoms with Gasteiger partial charge in [-0.25, -0.2) is 0 Å². The van der Waals surface area contributed by atoms with Crippen LogP contribution in [0.15, 0.2) is 0 Å². The molecule has 1 rings (SSSR count). The van der Waals surface area contributed by atoms with Crippen LogP contribution in [0.5, 0.6) is 0 Å². The fraction of sp³-hybridized carbons (Fsp3) is 0.750. The lowest BCUT2D eigenvalue weighted by Gasteiger charge is -1.83. The highest BCUT2D eigenvalue weighted by Gasteiger charge is 2.52. The van der Waals surface area contributed by atoms with Crippen molar-refractivity contribution in [3.8, 4) is 0 Å². The van der Waals surface area contributed by atoms with Gasteiger partial charge in [-0.2, -0.15) is 0 Å². The van der Waals surface area contributed by atoms with Crippen molar-refractivity contribution in [1.82, 2.24) is 0 Å². The van der Waals surface area contributed by atoms with E-state index in [-0.39, 0.29) is 0 Å². The molecule has 0 N–H and O–H groups in total. The van der Waals surface area contributed by atoms with Crippen LogP contribution in [-0.2, 0) is 4.79 Å². The molecule has 0 bridgehead atoms. The van der Waals surface area contributed by atoms with Gasteiger partial charge in [0.25, 0.3) is 0 Å². The first-order valence-electron chi connectivity index (χ1n) is 2.45. The number of rotatable bonds is 2. The van der Waals surface area contributed by atoms with Crippen LogP contribution in [0.25, 0.3) is 0 Å². The van der Waals surface area contributed by atoms with Gasteiger partial charge >= 0.3 is 0 Å². The highest BCUT2D eigenvalue weighted by molar-refractivity contribution is 6.64. The first kappa shape index (κ1) is 6.48. The van der Waals surface area contributed by atoms with E-state index in [0.717, 1.165) is 0 Å². The number of halogens is 1. The van der Waals surface area contributed by atoms with Crippen molar-refractivity contribution in [3.63, 3.8) is 0 Å². The first-order chi connectivity index (χ1) is 4.13. The lowest BCUT2D eigenvalue weighted by molar-refractivity contribution is -0.497. The van der Waals surface area contributed by atoms with Crippen LogP contribution in [0.3, 0.4) is 0 Å². The van der Waals surface area contributed by atoms with E-state index in [2.05, 4.69) is 0 Å². The maximum atomic E-state index is 10.2. The molecule has 1 aliphatic rings. The molecule has 0 spiro atoms. The predicted molar refractivity (Wildman–Crippen MR) is 29.7 cm³/mol. The van der Waals surface area contributed by atoms with Crippen LogP contribution in [-0.4, -0.2) is 16.2 Å². The number of hydrogen-bond acceptors (Lipinski definition) is 3. The summed E-state index contributed by atoms with van der Waals surface area (Å²) in [6, 6.07) is -0.699. The van der Waals surface area contributed by atoms with Crippen LogP contribution >= 0.6 is 11.6 Å². The quantitative estimate of drug-likeness (QED) is 0.325. The molecule has 1 aliphatic carbocycles. The third-order valence-electron chi connectivity index (χ3n) is 1.32. The molecule has 0 aromatic carbocycles. The zero-order valence-electron chi connectivity index (χ0n) is 4.41. The van der Waals surface area contributed by atoms with E-state index in [0.29, 0.717) is 6.42 Å². The minimum Gasteiger partial charge on any atom is -0.281 e. The molecule has 0 aromatic rings. The molecule has 0 aromatic heterocycles. The van der Waals surface area contributed by atoms with E-state index in [1.165, 1.54) is 0 Å². The summed E-state index contributed by atoms with van der Waals surface area (Å²) in [7, 11) is 0. The molecule has 9 heavy (non-hydrogen) atoms. The van der Waals surface area contributed by atoms with E-state index in [1.54, 1.807) is 0 Å². The van der Waals surface area contributed by atoms with Gasteiger partial charge in [0, 0.05) is 11.3 Å². The standard InChI is InChI=1S/C4H4ClNO3/c5-4(7)2-1-3(2)6(8)9/h2-3H,1H2/t2-,3+/m1/s1. The van der Waals surface area contributed by atoms with Gasteiger partial charge in [0.1, 0.15) is 5.92 Å². The Kier molecular flexibility index (Phi) is 1.40. The second-order valence-corrected chi connectivity index (χ2v) is 2.37. The van der Waals surface area contributed by atoms with Gasteiger partial charge in [-0.3, -0.25) is 14.9 Å². The molecule has 1 fully saturated rings. The Hall–Kier alpha value is -0.640. The number of nitro groups is 1. The Morgan fingerprint density at radius 3 is 2.44 bits per heavy atom. The maximum absolute atomic E-state index is 10.2. The van der Waals surface area contributed by atoms with Gasteiger partial charge in [0.15, 0.2) is 0 Å². The molecule has 0 aliphatic heterocycles. The van der Waals surface area contributed by atoms with Gasteiger partial charge < -0.3 is 0 Å². The fourth-order valence-electron chi connectivity index (χ4n) is 0.659. The summed E-state index contributed by atoms with van der Waals surface area (Å²) in [5, 5.41) is 9.28. The highest BCUT2D eigenvalue weighted by atomic mass is 35.5. The third-order valence-corrected chi connectivity index (χ3v) is 1.60. The van der Waals surface area contributed by atoms with E-state index in [9.17, 15) is 14.9 Å². The summed E-state index contributed by atoms with van der Waals surface area (Å²) in [5.41, 5.74) is 0. The summed E-state index contributed by atoms with van der Waals surface area (Å²) in [4.78, 5) is 19.6. The van der Waals surface area contributed by atoms with Crippen molar-refractivity contribution in [1.29, 1.82) is 0 Å². The number of carbonyl (C=O) groups is 1. The Bertz CT molecular complexity index is 151. The summed E-state index contributed by atoms with van der Waals surface area (Å²) >= 11 is 4.97. The van der Waals surface area contributed by atoms with E-state index in [4.69, 9.17) is 11.6 Å². The average Bonchev–Trinajstić information content (AvgIpc) is 2.39. The van der Waals surface area contributed by atoms with Crippen molar-refractivity contribution in [2.75, 3.05) is 0 Å². The van der Waals surface area contributed by atoms with Crippen molar-refractivity contribution in [3.05, 3.63) is 10.1 Å². The van der Waals surface area contributed by atoms with Crippen LogP contribution < -0.4 is 0 Å². The van der Waals surface area contributed by atoms with Crippen LogP contribution in [0.2, 0.25) is 0 Å². The second-order valence-electron chi connectivity index (χ2n) is 2.00. The number of carbonyl (C=O) groups excluding carboxylic acids is 1. The Morgan fingerprint density at radius 1 is 1.78 bits per heavy atom. The van der Waals surface area contributed by atoms with Crippen LogP contribution in [0, 0.1) is 16.0 Å². The minimum atomic E-state index is -0.699. The molecule has 0 radical (unpaired) electrons. The van der Waals surface area contributed by atoms with Gasteiger partial charge in [0.05, 0.1) is 0 Å². The zero-order valence-corrected chi connectivity index (χ0v) is 5.17. The SMILES string of the molecule is O=C(Cl)[C@@H]1C[C@@H]1[N+](=O)[O-]. The second kappa shape index (κ2) is 1.95. The van der Waals surface area contributed by atoms with Crippen LogP contribution in [0.1, 0.15) is 6.42 Å². The van der Waals surface area contributed by atoms with E-state index < -0.39 is 22.1 Å². The molecule has 0 unspecified atom stereocenters. The van der Waals surface area contributed by atoms with E-state index >= 15 is 0 Å². The third kappa shape index (κ3) is 1.18. The largest absolute Gasteiger partial charge is 0.281 e. The maximum Gasteiger partial charge on any atom is 0.231 e. The summed E-state index contributed by atoms with van der Waals surface area (Å²) < 4.78 is 0. The van der Waals surface area contributed by atoms with Crippen LogP contribution in [0.4, 0.5) is 0 Å². The topological polar surface area (TPSA) is 60.2 Å². The van der Waals surface area contributed by atoms with Crippen molar-refractivity contribution in [2.45, 2.75) is 12.5 Å². The highest BCUT2D eigenvalue weighted by Crippen LogP contribution is 2.34. The molecule has 0 saturated heterocycles. The molecule has 2 atom stereocenters. The smallest absolute Gasteiger partial charge is 0.231 e. The zero-order chi connectivity index (χ0) is 7.02. The van der Waals surface area contributed by atoms with Gasteiger partial charge in [0.2, 0.25) is 11.3 Å². The Balaban J connectivity index is 2.42. The van der Waals surface area contributed by atoms with E-state index in [1.807, 2.05) is 0 Å². The molecule has 0 heterocycles. The molecule has 4 nitrogen and oxygen atoms in total. The Morgan fingerprint density at radius 2 is 2.33 bits per heavy atom. The number of nitrogens with zero attached hydrogens (tertiary/aromatic N) is 1. The number of hydrogen-bond donors (Lipinski definition) is 0.